The molecule has 1 aliphatic heterocycles. The van der Waals surface area contributed by atoms with E-state index < -0.39 is 33.2 Å². The predicted octanol–water partition coefficient (Wildman–Crippen LogP) is 3.43. The van der Waals surface area contributed by atoms with Crippen LogP contribution in [0.5, 0.6) is 0 Å². The summed E-state index contributed by atoms with van der Waals surface area (Å²) in [6, 6.07) is 3.64. The number of hydrogen-bond acceptors (Lipinski definition) is 3. The summed E-state index contributed by atoms with van der Waals surface area (Å²) in [7, 11) is -3.97. The van der Waals surface area contributed by atoms with Gasteiger partial charge in [0.05, 0.1) is 10.6 Å². The Labute approximate surface area is 188 Å². The molecule has 0 bridgehead atoms. The molecule has 0 radical (unpaired) electrons. The van der Waals surface area contributed by atoms with Crippen LogP contribution in [0.2, 0.25) is 5.02 Å². The number of alkyl halides is 2. The maximum absolute atomic E-state index is 13.7. The highest BCUT2D eigenvalue weighted by molar-refractivity contribution is 7.89. The van der Waals surface area contributed by atoms with Crippen LogP contribution < -0.4 is 4.72 Å². The van der Waals surface area contributed by atoms with Gasteiger partial charge in [0.15, 0.2) is 0 Å². The molecule has 1 spiro atoms. The van der Waals surface area contributed by atoms with Crippen LogP contribution in [0.3, 0.4) is 0 Å². The topological polar surface area (TPSA) is 82.3 Å². The van der Waals surface area contributed by atoms with Gasteiger partial charge in [-0.1, -0.05) is 11.6 Å². The number of aromatic amines is 1. The molecule has 1 aromatic heterocycles. The van der Waals surface area contributed by atoms with E-state index in [2.05, 4.69) is 9.71 Å². The summed E-state index contributed by atoms with van der Waals surface area (Å²) in [6.07, 6.45) is 0.284. The molecule has 2 aliphatic carbocycles. The van der Waals surface area contributed by atoms with Crippen molar-refractivity contribution in [2.75, 3.05) is 13.1 Å². The van der Waals surface area contributed by atoms with Crippen LogP contribution in [0.4, 0.5) is 13.2 Å². The first-order valence-corrected chi connectivity index (χ1v) is 12.1. The molecule has 6 nitrogen and oxygen atoms in total. The van der Waals surface area contributed by atoms with Gasteiger partial charge in [0.1, 0.15) is 10.8 Å². The molecule has 2 N–H and O–H groups in total. The Kier molecular flexibility index (Phi) is 4.75. The Morgan fingerprint density at radius 3 is 2.44 bits per heavy atom. The number of amides is 1. The molecule has 172 valence electrons. The molecule has 1 amide bonds. The number of carbonyl (C=O) groups is 1. The lowest BCUT2D eigenvalue weighted by Crippen LogP contribution is -2.66. The summed E-state index contributed by atoms with van der Waals surface area (Å²) < 4.78 is 68.5. The second kappa shape index (κ2) is 6.98. The van der Waals surface area contributed by atoms with Crippen LogP contribution in [0.25, 0.3) is 0 Å². The molecular weight excluding hydrogens is 467 g/mol. The lowest BCUT2D eigenvalue weighted by atomic mass is 9.61. The number of nitrogens with zero attached hydrogens (tertiary/aromatic N) is 1. The van der Waals surface area contributed by atoms with Crippen molar-refractivity contribution in [3.8, 4) is 0 Å². The zero-order valence-electron chi connectivity index (χ0n) is 17.1. The number of aromatic nitrogens is 1. The lowest BCUT2D eigenvalue weighted by Gasteiger charge is -2.58. The Balaban J connectivity index is 1.27. The first kappa shape index (κ1) is 21.8. The molecule has 3 aliphatic rings. The molecule has 1 atom stereocenters. The third-order valence-corrected chi connectivity index (χ3v) is 8.35. The number of rotatable bonds is 4. The van der Waals surface area contributed by atoms with Crippen molar-refractivity contribution >= 4 is 27.5 Å². The maximum Gasteiger partial charge on any atom is 0.256 e. The van der Waals surface area contributed by atoms with Crippen LogP contribution in [0, 0.1) is 18.2 Å². The van der Waals surface area contributed by atoms with Crippen LogP contribution in [-0.2, 0) is 22.9 Å². The Hall–Kier alpha value is -2.04. The fraction of sp³-hybridized carbons (Fsp3) is 0.476. The highest BCUT2D eigenvalue weighted by atomic mass is 35.5. The quantitative estimate of drug-likeness (QED) is 0.693. The minimum Gasteiger partial charge on any atom is -0.348 e. The maximum atomic E-state index is 13.7. The second-order valence-corrected chi connectivity index (χ2v) is 11.4. The van der Waals surface area contributed by atoms with Gasteiger partial charge in [-0.25, -0.2) is 26.3 Å². The first-order valence-electron chi connectivity index (χ1n) is 10.2. The average Bonchev–Trinajstić information content (AvgIpc) is 3.20. The van der Waals surface area contributed by atoms with E-state index in [1.807, 2.05) is 0 Å². The molecule has 5 rings (SSSR count). The highest BCUT2D eigenvalue weighted by Crippen LogP contribution is 2.56. The molecule has 1 saturated carbocycles. The fourth-order valence-corrected chi connectivity index (χ4v) is 6.70. The number of benzene rings is 1. The Morgan fingerprint density at radius 2 is 1.81 bits per heavy atom. The molecule has 1 aromatic carbocycles. The van der Waals surface area contributed by atoms with Crippen LogP contribution in [0.15, 0.2) is 23.2 Å². The standard InChI is InChI=1S/C21H21ClF3N3O3S/c1-11-15(19(29)28-9-20(10-28)7-21(24,25)8-20)6-18(26-11)32(30,31)27-14-2-12-4-16(22)17(23)5-13(12)3-14/h4-6,14,26-27H,2-3,7-10H2,1H3/t14-/m0/s1. The summed E-state index contributed by atoms with van der Waals surface area (Å²) in [6.45, 7) is 2.10. The predicted molar refractivity (Wildman–Crippen MR) is 111 cm³/mol. The number of nitrogens with one attached hydrogen (secondary N) is 2. The third-order valence-electron chi connectivity index (χ3n) is 6.61. The zero-order chi connectivity index (χ0) is 23.1. The lowest BCUT2D eigenvalue weighted by molar-refractivity contribution is -0.203. The van der Waals surface area contributed by atoms with Gasteiger partial charge in [0, 0.05) is 43.1 Å². The summed E-state index contributed by atoms with van der Waals surface area (Å²) >= 11 is 5.81. The normalized spacial score (nSPS) is 23.0. The number of hydrogen-bond donors (Lipinski definition) is 2. The van der Waals surface area contributed by atoms with Crippen molar-refractivity contribution in [1.29, 1.82) is 0 Å². The molecule has 11 heteroatoms. The number of aryl methyl sites for hydroxylation is 1. The summed E-state index contributed by atoms with van der Waals surface area (Å²) in [5.41, 5.74) is 1.58. The van der Waals surface area contributed by atoms with Crippen LogP contribution >= 0.6 is 11.6 Å². The van der Waals surface area contributed by atoms with E-state index in [0.717, 1.165) is 5.56 Å². The van der Waals surface area contributed by atoms with E-state index in [9.17, 15) is 26.4 Å². The van der Waals surface area contributed by atoms with E-state index in [1.165, 1.54) is 23.1 Å². The van der Waals surface area contributed by atoms with Gasteiger partial charge in [0.25, 0.3) is 15.9 Å². The molecule has 2 fully saturated rings. The number of halogens is 4. The minimum absolute atomic E-state index is 0.00574. The van der Waals surface area contributed by atoms with Gasteiger partial charge in [-0.05, 0) is 49.1 Å². The largest absolute Gasteiger partial charge is 0.348 e. The van der Waals surface area contributed by atoms with Crippen LogP contribution in [0.1, 0.15) is 40.0 Å². The smallest absolute Gasteiger partial charge is 0.256 e. The Morgan fingerprint density at radius 1 is 1.19 bits per heavy atom. The molecule has 2 aromatic rings. The van der Waals surface area contributed by atoms with Crippen molar-refractivity contribution in [3.63, 3.8) is 0 Å². The molecule has 0 unspecified atom stereocenters. The first-order chi connectivity index (χ1) is 14.9. The Bertz CT molecular complexity index is 1200. The van der Waals surface area contributed by atoms with Crippen molar-refractivity contribution in [2.45, 2.75) is 49.6 Å². The average molecular weight is 488 g/mol. The van der Waals surface area contributed by atoms with Gasteiger partial charge >= 0.3 is 0 Å². The van der Waals surface area contributed by atoms with E-state index in [1.54, 1.807) is 6.92 Å². The SMILES string of the molecule is Cc1[nH]c(S(=O)(=O)N[C@@H]2Cc3cc(F)c(Cl)cc3C2)cc1C(=O)N1CC2(C1)CC(F)(F)C2. The van der Waals surface area contributed by atoms with Crippen molar-refractivity contribution in [2.24, 2.45) is 5.41 Å². The minimum atomic E-state index is -3.97. The van der Waals surface area contributed by atoms with Gasteiger partial charge in [0.2, 0.25) is 5.92 Å². The van der Waals surface area contributed by atoms with Gasteiger partial charge in [-0.3, -0.25) is 4.79 Å². The third kappa shape index (κ3) is 3.62. The van der Waals surface area contributed by atoms with Gasteiger partial charge in [-0.2, -0.15) is 0 Å². The number of likely N-dealkylation sites (tertiary alicyclic amines) is 1. The summed E-state index contributed by atoms with van der Waals surface area (Å²) in [5, 5.41) is -0.155. The second-order valence-electron chi connectivity index (χ2n) is 9.30. The van der Waals surface area contributed by atoms with Crippen molar-refractivity contribution < 1.29 is 26.4 Å². The fourth-order valence-electron chi connectivity index (χ4n) is 5.22. The van der Waals surface area contributed by atoms with Gasteiger partial charge in [-0.15, -0.1) is 0 Å². The van der Waals surface area contributed by atoms with E-state index >= 15 is 0 Å². The number of H-pyrrole nitrogens is 1. The number of sulfonamides is 1. The zero-order valence-corrected chi connectivity index (χ0v) is 18.7. The molecule has 32 heavy (non-hydrogen) atoms. The number of carbonyl (C=O) groups excluding carboxylic acids is 1. The monoisotopic (exact) mass is 487 g/mol. The summed E-state index contributed by atoms with van der Waals surface area (Å²) in [5.74, 6) is -3.57. The highest BCUT2D eigenvalue weighted by Gasteiger charge is 2.62. The van der Waals surface area contributed by atoms with Crippen LogP contribution in [-0.4, -0.2) is 49.3 Å². The van der Waals surface area contributed by atoms with Gasteiger partial charge < -0.3 is 9.88 Å². The van der Waals surface area contributed by atoms with Crippen molar-refractivity contribution in [3.05, 3.63) is 51.4 Å². The summed E-state index contributed by atoms with van der Waals surface area (Å²) in [4.78, 5) is 17.0. The van der Waals surface area contributed by atoms with E-state index in [4.69, 9.17) is 11.6 Å². The van der Waals surface area contributed by atoms with E-state index in [-0.39, 0.29) is 47.5 Å². The van der Waals surface area contributed by atoms with Crippen molar-refractivity contribution in [1.82, 2.24) is 14.6 Å². The molecular formula is C21H21ClF3N3O3S. The van der Waals surface area contributed by atoms with E-state index in [0.29, 0.717) is 24.1 Å². The number of fused-ring (bicyclic) bond motifs is 1. The molecule has 1 saturated heterocycles. The molecule has 2 heterocycles.